The molecule has 0 spiro atoms. The van der Waals surface area contributed by atoms with Crippen LogP contribution >= 0.6 is 35.4 Å². The van der Waals surface area contributed by atoms with E-state index in [4.69, 9.17) is 40.2 Å². The standard InChI is InChI=1S/C20H18Cl2N4O2S/c1-2-28-19(27)13-4-7-16(8-5-13)23-20(29)24-18-9-10-26(25-18)12-14-3-6-15(21)11-17(14)22/h3-11H,2,12H2,1H3,(H2,23,24,25,29). The Bertz CT molecular complexity index is 1020. The van der Waals surface area contributed by atoms with Crippen molar-refractivity contribution in [2.45, 2.75) is 13.5 Å². The monoisotopic (exact) mass is 448 g/mol. The van der Waals surface area contributed by atoms with E-state index < -0.39 is 0 Å². The molecule has 2 aromatic carbocycles. The van der Waals surface area contributed by atoms with Crippen LogP contribution in [0.5, 0.6) is 0 Å². The number of halogens is 2. The zero-order chi connectivity index (χ0) is 20.8. The van der Waals surface area contributed by atoms with Gasteiger partial charge < -0.3 is 15.4 Å². The van der Waals surface area contributed by atoms with E-state index in [9.17, 15) is 4.79 Å². The first-order valence-corrected chi connectivity index (χ1v) is 9.93. The Hall–Kier alpha value is -2.61. The van der Waals surface area contributed by atoms with Gasteiger partial charge >= 0.3 is 5.97 Å². The molecule has 2 N–H and O–H groups in total. The van der Waals surface area contributed by atoms with E-state index in [2.05, 4.69) is 15.7 Å². The first-order valence-electron chi connectivity index (χ1n) is 8.77. The molecule has 0 atom stereocenters. The van der Waals surface area contributed by atoms with Gasteiger partial charge in [-0.1, -0.05) is 29.3 Å². The second-order valence-electron chi connectivity index (χ2n) is 6.01. The van der Waals surface area contributed by atoms with Crippen LogP contribution < -0.4 is 10.6 Å². The van der Waals surface area contributed by atoms with E-state index in [1.165, 1.54) is 0 Å². The van der Waals surface area contributed by atoms with Gasteiger partial charge in [0, 0.05) is 28.0 Å². The number of nitrogens with one attached hydrogen (secondary N) is 2. The second-order valence-corrected chi connectivity index (χ2v) is 7.26. The minimum absolute atomic E-state index is 0.337. The predicted octanol–water partition coefficient (Wildman–Crippen LogP) is 5.22. The van der Waals surface area contributed by atoms with E-state index in [-0.39, 0.29) is 5.97 Å². The summed E-state index contributed by atoms with van der Waals surface area (Å²) in [6, 6.07) is 14.0. The van der Waals surface area contributed by atoms with Crippen LogP contribution in [0.15, 0.2) is 54.7 Å². The molecule has 1 heterocycles. The average molecular weight is 449 g/mol. The topological polar surface area (TPSA) is 68.2 Å². The van der Waals surface area contributed by atoms with Crippen LogP contribution in [0.3, 0.4) is 0 Å². The molecule has 0 unspecified atom stereocenters. The number of benzene rings is 2. The van der Waals surface area contributed by atoms with Crippen LogP contribution in [0.1, 0.15) is 22.8 Å². The maximum absolute atomic E-state index is 11.7. The second kappa shape index (κ2) is 9.73. The summed E-state index contributed by atoms with van der Waals surface area (Å²) in [7, 11) is 0. The Balaban J connectivity index is 1.56. The summed E-state index contributed by atoms with van der Waals surface area (Å²) in [4.78, 5) is 11.7. The van der Waals surface area contributed by atoms with Crippen molar-refractivity contribution < 1.29 is 9.53 Å². The molecule has 9 heteroatoms. The number of aromatic nitrogens is 2. The predicted molar refractivity (Wildman–Crippen MR) is 120 cm³/mol. The van der Waals surface area contributed by atoms with Gasteiger partial charge in [0.25, 0.3) is 0 Å². The smallest absolute Gasteiger partial charge is 0.338 e. The molecule has 3 aromatic rings. The number of thiocarbonyl (C=S) groups is 1. The highest BCUT2D eigenvalue weighted by atomic mass is 35.5. The fraction of sp³-hybridized carbons (Fsp3) is 0.150. The lowest BCUT2D eigenvalue weighted by Crippen LogP contribution is -2.19. The lowest BCUT2D eigenvalue weighted by atomic mass is 10.2. The minimum atomic E-state index is -0.355. The van der Waals surface area contributed by atoms with Crippen LogP contribution in [0, 0.1) is 0 Å². The zero-order valence-electron chi connectivity index (χ0n) is 15.5. The molecule has 0 bridgehead atoms. The van der Waals surface area contributed by atoms with Crippen LogP contribution in [-0.4, -0.2) is 27.5 Å². The molecule has 0 fully saturated rings. The maximum Gasteiger partial charge on any atom is 0.338 e. The molecule has 1 aromatic heterocycles. The number of anilines is 2. The zero-order valence-corrected chi connectivity index (χ0v) is 17.8. The average Bonchev–Trinajstić information content (AvgIpc) is 3.11. The van der Waals surface area contributed by atoms with Crippen molar-refractivity contribution in [3.05, 3.63) is 75.9 Å². The lowest BCUT2D eigenvalue weighted by Gasteiger charge is -2.09. The summed E-state index contributed by atoms with van der Waals surface area (Å²) < 4.78 is 6.71. The molecule has 0 radical (unpaired) electrons. The Morgan fingerprint density at radius 3 is 2.59 bits per heavy atom. The van der Waals surface area contributed by atoms with Crippen LogP contribution in [0.25, 0.3) is 0 Å². The number of hydrogen-bond acceptors (Lipinski definition) is 4. The summed E-state index contributed by atoms with van der Waals surface area (Å²) in [6.07, 6.45) is 1.82. The third kappa shape index (κ3) is 5.93. The molecular formula is C20H18Cl2N4O2S. The van der Waals surface area contributed by atoms with Gasteiger partial charge in [0.1, 0.15) is 0 Å². The fourth-order valence-electron chi connectivity index (χ4n) is 2.52. The number of carbonyl (C=O) groups is 1. The van der Waals surface area contributed by atoms with Crippen molar-refractivity contribution in [1.29, 1.82) is 0 Å². The molecule has 6 nitrogen and oxygen atoms in total. The van der Waals surface area contributed by atoms with Crippen molar-refractivity contribution in [3.63, 3.8) is 0 Å². The van der Waals surface area contributed by atoms with Gasteiger partial charge in [-0.25, -0.2) is 4.79 Å². The van der Waals surface area contributed by atoms with Crippen LogP contribution in [0.2, 0.25) is 10.0 Å². The number of nitrogens with zero attached hydrogens (tertiary/aromatic N) is 2. The van der Waals surface area contributed by atoms with Crippen molar-refractivity contribution in [1.82, 2.24) is 9.78 Å². The molecule has 0 aliphatic carbocycles. The largest absolute Gasteiger partial charge is 0.462 e. The summed E-state index contributed by atoms with van der Waals surface area (Å²) in [5.41, 5.74) is 2.13. The highest BCUT2D eigenvalue weighted by Gasteiger charge is 2.08. The molecule has 0 aliphatic rings. The van der Waals surface area contributed by atoms with Crippen LogP contribution in [-0.2, 0) is 11.3 Å². The van der Waals surface area contributed by atoms with E-state index in [1.54, 1.807) is 48.0 Å². The van der Waals surface area contributed by atoms with Gasteiger partial charge in [0.05, 0.1) is 18.7 Å². The number of carbonyl (C=O) groups excluding carboxylic acids is 1. The van der Waals surface area contributed by atoms with Crippen LogP contribution in [0.4, 0.5) is 11.5 Å². The normalized spacial score (nSPS) is 10.4. The highest BCUT2D eigenvalue weighted by molar-refractivity contribution is 7.80. The Morgan fingerprint density at radius 2 is 1.90 bits per heavy atom. The van der Waals surface area contributed by atoms with E-state index >= 15 is 0 Å². The van der Waals surface area contributed by atoms with Crippen molar-refractivity contribution in [2.75, 3.05) is 17.2 Å². The number of rotatable bonds is 6. The van der Waals surface area contributed by atoms with Gasteiger partial charge in [-0.05, 0) is 61.1 Å². The molecule has 150 valence electrons. The van der Waals surface area contributed by atoms with Gasteiger partial charge in [-0.15, -0.1) is 0 Å². The van der Waals surface area contributed by atoms with E-state index in [0.717, 1.165) is 11.3 Å². The molecule has 0 amide bonds. The SMILES string of the molecule is CCOC(=O)c1ccc(NC(=S)Nc2ccn(Cc3ccc(Cl)cc3Cl)n2)cc1. The first-order chi connectivity index (χ1) is 13.9. The molecule has 0 saturated heterocycles. The van der Waals surface area contributed by atoms with Gasteiger partial charge in [0.15, 0.2) is 10.9 Å². The highest BCUT2D eigenvalue weighted by Crippen LogP contribution is 2.22. The Morgan fingerprint density at radius 1 is 1.14 bits per heavy atom. The van der Waals surface area contributed by atoms with E-state index in [1.807, 2.05) is 18.3 Å². The van der Waals surface area contributed by atoms with Gasteiger partial charge in [-0.2, -0.15) is 5.10 Å². The number of esters is 1. The van der Waals surface area contributed by atoms with Crippen molar-refractivity contribution >= 4 is 58.0 Å². The summed E-state index contributed by atoms with van der Waals surface area (Å²) in [6.45, 7) is 2.61. The van der Waals surface area contributed by atoms with Gasteiger partial charge in [0.2, 0.25) is 0 Å². The number of ether oxygens (including phenoxy) is 1. The Labute approximate surface area is 183 Å². The molecular weight excluding hydrogens is 431 g/mol. The fourth-order valence-corrected chi connectivity index (χ4v) is 3.21. The first kappa shape index (κ1) is 21.1. The molecule has 29 heavy (non-hydrogen) atoms. The maximum atomic E-state index is 11.7. The molecule has 3 rings (SSSR count). The summed E-state index contributed by atoms with van der Waals surface area (Å²) in [5.74, 6) is 0.238. The summed E-state index contributed by atoms with van der Waals surface area (Å²) >= 11 is 17.5. The lowest BCUT2D eigenvalue weighted by molar-refractivity contribution is 0.0526. The third-order valence-electron chi connectivity index (χ3n) is 3.88. The van der Waals surface area contributed by atoms with Crippen molar-refractivity contribution in [3.8, 4) is 0 Å². The third-order valence-corrected chi connectivity index (χ3v) is 4.67. The molecule has 0 aliphatic heterocycles. The summed E-state index contributed by atoms with van der Waals surface area (Å²) in [5, 5.41) is 12.1. The molecule has 0 saturated carbocycles. The van der Waals surface area contributed by atoms with Gasteiger partial charge in [-0.3, -0.25) is 4.68 Å². The minimum Gasteiger partial charge on any atom is -0.462 e. The van der Waals surface area contributed by atoms with Crippen molar-refractivity contribution in [2.24, 2.45) is 0 Å². The number of hydrogen-bond donors (Lipinski definition) is 2. The quantitative estimate of drug-likeness (QED) is 0.397. The van der Waals surface area contributed by atoms with E-state index in [0.29, 0.717) is 39.7 Å². The Kier molecular flexibility index (Phi) is 7.09.